The number of aromatic amines is 2. The van der Waals surface area contributed by atoms with Gasteiger partial charge in [0, 0.05) is 30.6 Å². The van der Waals surface area contributed by atoms with Crippen LogP contribution in [0.1, 0.15) is 68.8 Å². The van der Waals surface area contributed by atoms with Gasteiger partial charge in [-0.2, -0.15) is 0 Å². The van der Waals surface area contributed by atoms with Crippen LogP contribution in [0.2, 0.25) is 0 Å². The van der Waals surface area contributed by atoms with E-state index >= 15 is 0 Å². The predicted molar refractivity (Wildman–Crippen MR) is 217 cm³/mol. The molecule has 3 aromatic carbocycles. The first-order chi connectivity index (χ1) is 28.6. The molecule has 0 bridgehead atoms. The lowest BCUT2D eigenvalue weighted by Gasteiger charge is -2.28. The highest BCUT2D eigenvalue weighted by Gasteiger charge is 2.37. The number of nitrogens with zero attached hydrogens (tertiary/aromatic N) is 3. The predicted octanol–water partition coefficient (Wildman–Crippen LogP) is 6.95. The molecule has 59 heavy (non-hydrogen) atoms. The topological polar surface area (TPSA) is 202 Å². The number of carbonyl (C=O) groups excluding carboxylic acids is 4. The smallest absolute Gasteiger partial charge is 0.407 e. The van der Waals surface area contributed by atoms with Crippen LogP contribution in [0.25, 0.3) is 22.5 Å². The normalized spacial score (nSPS) is 15.2. The maximum Gasteiger partial charge on any atom is 0.407 e. The number of hydrogen-bond donors (Lipinski definition) is 5. The molecule has 0 aliphatic carbocycles. The highest BCUT2D eigenvalue weighted by Crippen LogP contribution is 2.47. The van der Waals surface area contributed by atoms with Gasteiger partial charge in [0.15, 0.2) is 23.0 Å². The lowest BCUT2D eigenvalue weighted by Crippen LogP contribution is -2.49. The van der Waals surface area contributed by atoms with Gasteiger partial charge in [-0.15, -0.1) is 0 Å². The SMILES string of the molecule is COC(=O)N[C@H](C(=O)NCCCCc1ncc(-c2ccc3c(c2)Oc2ccc(-c4cnc([C@@H]5CCCN5C(=O)[C@H](NC(=O)OC)c5ccccc5)[nH]4)cc2O3)[nH]1)C(C)C. The molecule has 16 heteroatoms. The van der Waals surface area contributed by atoms with Gasteiger partial charge < -0.3 is 49.8 Å². The van der Waals surface area contributed by atoms with E-state index < -0.39 is 24.3 Å². The standard InChI is InChI=1S/C43H48N8O8/c1-25(2)37(49-42(54)56-3)40(52)44-19-9-8-14-36-45-23-29(47-36)27-15-17-32-34(21-27)58-33-18-16-28(22-35(33)59-32)30-24-46-39(48-30)31-13-10-20-51(31)41(53)38(50-43(55)57-4)26-11-6-5-7-12-26/h5-7,11-12,15-18,21-25,31,37-38H,8-10,13-14,19-20H2,1-4H3,(H,44,52)(H,45,47)(H,46,48)(H,49,54)(H,50,55)/t31-,37-,38+/m0/s1. The van der Waals surface area contributed by atoms with Crippen LogP contribution in [0.4, 0.5) is 9.59 Å². The largest absolute Gasteiger partial charge is 0.453 e. The Bertz CT molecular complexity index is 2290. The van der Waals surface area contributed by atoms with Crippen molar-refractivity contribution in [3.63, 3.8) is 0 Å². The Morgan fingerprint density at radius 1 is 0.814 bits per heavy atom. The van der Waals surface area contributed by atoms with Gasteiger partial charge in [-0.1, -0.05) is 44.2 Å². The number of ether oxygens (including phenoxy) is 4. The Kier molecular flexibility index (Phi) is 12.4. The summed E-state index contributed by atoms with van der Waals surface area (Å²) < 4.78 is 22.1. The Morgan fingerprint density at radius 2 is 1.46 bits per heavy atom. The first kappa shape index (κ1) is 40.4. The molecule has 0 spiro atoms. The van der Waals surface area contributed by atoms with Crippen LogP contribution in [0.5, 0.6) is 23.0 Å². The molecule has 16 nitrogen and oxygen atoms in total. The second kappa shape index (κ2) is 18.2. The van der Waals surface area contributed by atoms with Crippen molar-refractivity contribution in [1.29, 1.82) is 0 Å². The Labute approximate surface area is 341 Å². The third-order valence-electron chi connectivity index (χ3n) is 10.4. The van der Waals surface area contributed by atoms with E-state index in [1.54, 1.807) is 29.4 Å². The van der Waals surface area contributed by atoms with E-state index in [0.717, 1.165) is 54.0 Å². The molecule has 2 aromatic heterocycles. The van der Waals surface area contributed by atoms with E-state index in [-0.39, 0.29) is 23.8 Å². The van der Waals surface area contributed by atoms with Crippen molar-refractivity contribution in [3.8, 4) is 45.5 Å². The fourth-order valence-corrected chi connectivity index (χ4v) is 7.26. The highest BCUT2D eigenvalue weighted by atomic mass is 16.6. The van der Waals surface area contributed by atoms with Gasteiger partial charge in [0.05, 0.1) is 44.0 Å². The molecule has 5 N–H and O–H groups in total. The molecule has 2 aliphatic heterocycles. The van der Waals surface area contributed by atoms with Crippen molar-refractivity contribution in [1.82, 2.24) is 40.8 Å². The van der Waals surface area contributed by atoms with Gasteiger partial charge >= 0.3 is 12.2 Å². The summed E-state index contributed by atoms with van der Waals surface area (Å²) in [6.07, 6.45) is 5.96. The molecule has 4 amide bonds. The number of fused-ring (bicyclic) bond motifs is 2. The zero-order chi connectivity index (χ0) is 41.5. The molecule has 308 valence electrons. The molecule has 0 saturated carbocycles. The number of amides is 4. The number of hydrogen-bond acceptors (Lipinski definition) is 10. The van der Waals surface area contributed by atoms with Gasteiger partial charge in [-0.05, 0) is 73.6 Å². The Morgan fingerprint density at radius 3 is 2.12 bits per heavy atom. The molecule has 1 saturated heterocycles. The maximum absolute atomic E-state index is 13.9. The van der Waals surface area contributed by atoms with Gasteiger partial charge in [0.25, 0.3) is 5.91 Å². The molecule has 0 unspecified atom stereocenters. The zero-order valence-electron chi connectivity index (χ0n) is 33.4. The fraction of sp³-hybridized carbons (Fsp3) is 0.349. The number of imidazole rings is 2. The summed E-state index contributed by atoms with van der Waals surface area (Å²) in [7, 11) is 2.54. The third-order valence-corrected chi connectivity index (χ3v) is 10.4. The number of aromatic nitrogens is 4. The number of rotatable bonds is 14. The number of likely N-dealkylation sites (tertiary alicyclic amines) is 1. The molecule has 2 aliphatic rings. The molecule has 3 atom stereocenters. The van der Waals surface area contributed by atoms with Crippen LogP contribution in [0.15, 0.2) is 79.1 Å². The number of methoxy groups -OCH3 is 2. The van der Waals surface area contributed by atoms with Crippen LogP contribution in [0.3, 0.4) is 0 Å². The monoisotopic (exact) mass is 804 g/mol. The van der Waals surface area contributed by atoms with Gasteiger partial charge in [0.2, 0.25) is 5.91 Å². The fourth-order valence-electron chi connectivity index (χ4n) is 7.26. The van der Waals surface area contributed by atoms with Crippen LogP contribution >= 0.6 is 0 Å². The van der Waals surface area contributed by atoms with Gasteiger partial charge in [-0.25, -0.2) is 19.6 Å². The minimum atomic E-state index is -0.902. The van der Waals surface area contributed by atoms with E-state index in [4.69, 9.17) is 14.2 Å². The van der Waals surface area contributed by atoms with E-state index in [1.807, 2.05) is 68.4 Å². The summed E-state index contributed by atoms with van der Waals surface area (Å²) in [6, 6.07) is 18.6. The van der Waals surface area contributed by atoms with Crippen LogP contribution in [0, 0.1) is 5.92 Å². The molecule has 7 rings (SSSR count). The van der Waals surface area contributed by atoms with Crippen LogP contribution in [-0.4, -0.2) is 82.2 Å². The number of carbonyl (C=O) groups is 4. The van der Waals surface area contributed by atoms with Crippen molar-refractivity contribution in [2.45, 2.75) is 64.1 Å². The third kappa shape index (κ3) is 9.32. The lowest BCUT2D eigenvalue weighted by molar-refractivity contribution is -0.134. The number of aryl methyl sites for hydroxylation is 1. The Balaban J connectivity index is 0.951. The zero-order valence-corrected chi connectivity index (χ0v) is 33.4. The van der Waals surface area contributed by atoms with E-state index in [1.165, 1.54) is 14.2 Å². The molecular formula is C43H48N8O8. The van der Waals surface area contributed by atoms with E-state index in [2.05, 4.69) is 40.6 Å². The molecule has 0 radical (unpaired) electrons. The molecule has 5 aromatic rings. The Hall–Kier alpha value is -6.84. The second-order valence-corrected chi connectivity index (χ2v) is 14.7. The number of unbranched alkanes of at least 4 members (excludes halogenated alkanes) is 1. The number of H-pyrrole nitrogens is 2. The van der Waals surface area contributed by atoms with E-state index in [0.29, 0.717) is 53.9 Å². The van der Waals surface area contributed by atoms with Crippen LogP contribution in [-0.2, 0) is 25.5 Å². The minimum absolute atomic E-state index is 0.0857. The number of benzene rings is 3. The summed E-state index contributed by atoms with van der Waals surface area (Å²) in [5, 5.41) is 8.17. The van der Waals surface area contributed by atoms with Crippen molar-refractivity contribution in [2.75, 3.05) is 27.3 Å². The van der Waals surface area contributed by atoms with Crippen molar-refractivity contribution >= 4 is 24.0 Å². The van der Waals surface area contributed by atoms with Crippen LogP contribution < -0.4 is 25.4 Å². The lowest BCUT2D eigenvalue weighted by atomic mass is 10.0. The number of alkyl carbamates (subject to hydrolysis) is 2. The van der Waals surface area contributed by atoms with Gasteiger partial charge in [0.1, 0.15) is 23.7 Å². The quantitative estimate of drug-likeness (QED) is 0.0718. The first-order valence-corrected chi connectivity index (χ1v) is 19.7. The second-order valence-electron chi connectivity index (χ2n) is 14.7. The summed E-state index contributed by atoms with van der Waals surface area (Å²) in [5.41, 5.74) is 3.97. The average Bonchev–Trinajstić information content (AvgIpc) is 4.05. The van der Waals surface area contributed by atoms with Gasteiger partial charge in [-0.3, -0.25) is 9.59 Å². The summed E-state index contributed by atoms with van der Waals surface area (Å²) in [5.74, 6) is 3.17. The summed E-state index contributed by atoms with van der Waals surface area (Å²) >= 11 is 0. The maximum atomic E-state index is 13.9. The summed E-state index contributed by atoms with van der Waals surface area (Å²) in [4.78, 5) is 68.1. The highest BCUT2D eigenvalue weighted by molar-refractivity contribution is 5.87. The summed E-state index contributed by atoms with van der Waals surface area (Å²) in [6.45, 7) is 4.72. The van der Waals surface area contributed by atoms with Crippen molar-refractivity contribution in [2.24, 2.45) is 5.92 Å². The first-order valence-electron chi connectivity index (χ1n) is 19.7. The minimum Gasteiger partial charge on any atom is -0.453 e. The molecular weight excluding hydrogens is 757 g/mol. The van der Waals surface area contributed by atoms with Crippen molar-refractivity contribution in [3.05, 3.63) is 96.3 Å². The molecule has 4 heterocycles. The molecule has 1 fully saturated rings. The average molecular weight is 805 g/mol. The van der Waals surface area contributed by atoms with Crippen molar-refractivity contribution < 1.29 is 38.1 Å². The van der Waals surface area contributed by atoms with E-state index in [9.17, 15) is 19.2 Å². The number of nitrogens with one attached hydrogen (secondary N) is 5.